The summed E-state index contributed by atoms with van der Waals surface area (Å²) in [6, 6.07) is 6.22. The highest BCUT2D eigenvalue weighted by molar-refractivity contribution is 8.03. The van der Waals surface area contributed by atoms with Crippen LogP contribution in [0.25, 0.3) is 28.9 Å². The second kappa shape index (κ2) is 9.82. The van der Waals surface area contributed by atoms with Crippen molar-refractivity contribution < 1.29 is 4.74 Å². The van der Waals surface area contributed by atoms with E-state index in [-0.39, 0.29) is 0 Å². The van der Waals surface area contributed by atoms with Crippen LogP contribution in [0.4, 0.5) is 5.69 Å². The number of anilines is 1. The van der Waals surface area contributed by atoms with Gasteiger partial charge in [0.2, 0.25) is 0 Å². The number of aromatic nitrogens is 6. The zero-order valence-corrected chi connectivity index (χ0v) is 20.4. The fourth-order valence-corrected chi connectivity index (χ4v) is 4.71. The molecule has 34 heavy (non-hydrogen) atoms. The predicted octanol–water partition coefficient (Wildman–Crippen LogP) is 2.64. The molecule has 4 aromatic rings. The second-order valence-electron chi connectivity index (χ2n) is 8.11. The average molecular weight is 474 g/mol. The summed E-state index contributed by atoms with van der Waals surface area (Å²) in [5.74, 6) is 0. The van der Waals surface area contributed by atoms with Crippen LogP contribution in [0.15, 0.2) is 59.1 Å². The number of thioether (sulfide) groups is 1. The molecule has 0 aromatic carbocycles. The Morgan fingerprint density at radius 1 is 1.12 bits per heavy atom. The molecule has 0 saturated heterocycles. The Bertz CT molecular complexity index is 1470. The van der Waals surface area contributed by atoms with Gasteiger partial charge in [-0.15, -0.1) is 10.2 Å². The third-order valence-electron chi connectivity index (χ3n) is 5.70. The zero-order valence-electron chi connectivity index (χ0n) is 19.5. The molecule has 0 atom stereocenters. The zero-order chi connectivity index (χ0) is 23.5. The van der Waals surface area contributed by atoms with Gasteiger partial charge in [0.05, 0.1) is 30.0 Å². The Balaban J connectivity index is 1.43. The van der Waals surface area contributed by atoms with Crippen molar-refractivity contribution in [3.8, 4) is 11.1 Å². The number of ether oxygens (including phenoxy) is 1. The molecule has 9 heteroatoms. The van der Waals surface area contributed by atoms with Crippen LogP contribution in [0, 0.1) is 0 Å². The number of hydrogen-bond acceptors (Lipinski definition) is 7. The van der Waals surface area contributed by atoms with Gasteiger partial charge in [0, 0.05) is 60.9 Å². The number of nitrogens with zero attached hydrogens (tertiary/aromatic N) is 7. The number of pyridine rings is 2. The van der Waals surface area contributed by atoms with E-state index in [4.69, 9.17) is 9.72 Å². The highest BCUT2D eigenvalue weighted by Gasteiger charge is 2.11. The fourth-order valence-electron chi connectivity index (χ4n) is 3.81. The lowest BCUT2D eigenvalue weighted by molar-refractivity contribution is 0.154. The molecular weight excluding hydrogens is 446 g/mol. The van der Waals surface area contributed by atoms with E-state index in [1.54, 1.807) is 16.4 Å². The van der Waals surface area contributed by atoms with E-state index in [2.05, 4.69) is 57.7 Å². The first kappa shape index (κ1) is 22.4. The minimum atomic E-state index is 0.696. The molecule has 0 saturated carbocycles. The molecule has 0 aliphatic heterocycles. The maximum atomic E-state index is 5.50. The molecule has 4 heterocycles. The van der Waals surface area contributed by atoms with E-state index in [1.165, 1.54) is 0 Å². The molecular formula is C25H27N7OS. The van der Waals surface area contributed by atoms with Crippen LogP contribution in [-0.2, 0) is 11.8 Å². The second-order valence-corrected chi connectivity index (χ2v) is 9.15. The number of rotatable bonds is 8. The summed E-state index contributed by atoms with van der Waals surface area (Å²) in [7, 11) is 3.98. The van der Waals surface area contributed by atoms with Gasteiger partial charge in [-0.3, -0.25) is 14.1 Å². The number of fused-ring (bicyclic) bond motifs is 2. The summed E-state index contributed by atoms with van der Waals surface area (Å²) in [6.45, 7) is 4.26. The Morgan fingerprint density at radius 2 is 2.03 bits per heavy atom. The molecule has 1 aliphatic rings. The lowest BCUT2D eigenvalue weighted by Gasteiger charge is -2.18. The Labute approximate surface area is 202 Å². The van der Waals surface area contributed by atoms with E-state index < -0.39 is 0 Å². The molecule has 0 amide bonds. The van der Waals surface area contributed by atoms with Crippen LogP contribution >= 0.6 is 11.8 Å². The van der Waals surface area contributed by atoms with E-state index in [0.717, 1.165) is 62.7 Å². The molecule has 0 bridgehead atoms. The molecule has 4 aromatic heterocycles. The van der Waals surface area contributed by atoms with Crippen molar-refractivity contribution in [1.82, 2.24) is 29.4 Å². The number of aryl methyl sites for hydroxylation is 1. The predicted molar refractivity (Wildman–Crippen MR) is 136 cm³/mol. The molecule has 0 spiro atoms. The van der Waals surface area contributed by atoms with Crippen molar-refractivity contribution in [2.24, 2.45) is 7.05 Å². The molecule has 8 nitrogen and oxygen atoms in total. The van der Waals surface area contributed by atoms with E-state index >= 15 is 0 Å². The third kappa shape index (κ3) is 4.76. The maximum absolute atomic E-state index is 5.50. The largest absolute Gasteiger partial charge is 0.380 e. The van der Waals surface area contributed by atoms with Crippen molar-refractivity contribution >= 4 is 35.2 Å². The van der Waals surface area contributed by atoms with E-state index in [0.29, 0.717) is 6.61 Å². The van der Waals surface area contributed by atoms with Gasteiger partial charge >= 0.3 is 0 Å². The summed E-state index contributed by atoms with van der Waals surface area (Å²) in [4.78, 5) is 7.99. The van der Waals surface area contributed by atoms with Crippen molar-refractivity contribution in [3.05, 3.63) is 64.5 Å². The van der Waals surface area contributed by atoms with E-state index in [9.17, 15) is 0 Å². The van der Waals surface area contributed by atoms with E-state index in [1.807, 2.05) is 49.1 Å². The monoisotopic (exact) mass is 473 g/mol. The van der Waals surface area contributed by atoms with Crippen LogP contribution in [0.5, 0.6) is 0 Å². The van der Waals surface area contributed by atoms with Gasteiger partial charge in [-0.05, 0) is 49.4 Å². The molecule has 1 aliphatic carbocycles. The van der Waals surface area contributed by atoms with Gasteiger partial charge in [-0.1, -0.05) is 12.2 Å². The van der Waals surface area contributed by atoms with Gasteiger partial charge in [0.25, 0.3) is 0 Å². The van der Waals surface area contributed by atoms with Gasteiger partial charge in [0.15, 0.2) is 10.8 Å². The smallest absolute Gasteiger partial charge is 0.200 e. The first-order chi connectivity index (χ1) is 16.6. The fraction of sp³-hybridized carbons (Fsp3) is 0.280. The van der Waals surface area contributed by atoms with Crippen LogP contribution in [0.2, 0.25) is 0 Å². The molecule has 0 fully saturated rings. The van der Waals surface area contributed by atoms with Gasteiger partial charge in [-0.25, -0.2) is 0 Å². The van der Waals surface area contributed by atoms with Crippen molar-refractivity contribution in [3.63, 3.8) is 0 Å². The third-order valence-corrected chi connectivity index (χ3v) is 6.68. The minimum Gasteiger partial charge on any atom is -0.380 e. The first-order valence-electron chi connectivity index (χ1n) is 11.3. The minimum absolute atomic E-state index is 0.696. The van der Waals surface area contributed by atoms with Gasteiger partial charge < -0.3 is 9.64 Å². The Hall–Kier alpha value is -3.43. The Morgan fingerprint density at radius 3 is 2.85 bits per heavy atom. The lowest BCUT2D eigenvalue weighted by Crippen LogP contribution is -2.31. The van der Waals surface area contributed by atoms with Crippen molar-refractivity contribution in [2.45, 2.75) is 18.5 Å². The molecule has 0 unspecified atom stereocenters. The quantitative estimate of drug-likeness (QED) is 0.364. The topological polar surface area (TPSA) is 73.4 Å². The summed E-state index contributed by atoms with van der Waals surface area (Å²) in [5.41, 5.74) is 4.02. The van der Waals surface area contributed by atoms with Crippen LogP contribution < -0.4 is 15.5 Å². The van der Waals surface area contributed by atoms with Gasteiger partial charge in [0.1, 0.15) is 0 Å². The van der Waals surface area contributed by atoms with Crippen molar-refractivity contribution in [2.75, 3.05) is 31.7 Å². The lowest BCUT2D eigenvalue weighted by atomic mass is 10.2. The van der Waals surface area contributed by atoms with Crippen LogP contribution in [-0.4, -0.2) is 56.2 Å². The number of allylic oxidation sites excluding steroid dienone is 2. The normalized spacial score (nSPS) is 13.1. The summed E-state index contributed by atoms with van der Waals surface area (Å²) in [5, 5.41) is 16.0. The maximum Gasteiger partial charge on any atom is 0.200 e. The average Bonchev–Trinajstić information content (AvgIpc) is 3.39. The van der Waals surface area contributed by atoms with Gasteiger partial charge in [-0.2, -0.15) is 5.10 Å². The molecule has 0 N–H and O–H groups in total. The molecule has 5 rings (SSSR count). The molecule has 0 radical (unpaired) electrons. The standard InChI is InChI=1S/C25H27N7OS/c1-4-33-11-10-30(2)21-12-19-13-22(6-5-7-23(19)26-15-21)34-25-29-28-24-9-8-18(17-32(24)25)20-14-27-31(3)16-20/h6-9,12-17H,4-5,10-11H2,1-3H3. The molecule has 174 valence electrons. The Kier molecular flexibility index (Phi) is 6.46. The summed E-state index contributed by atoms with van der Waals surface area (Å²) >= 11 is 1.61. The summed E-state index contributed by atoms with van der Waals surface area (Å²) in [6.07, 6.45) is 15.2. The SMILES string of the molecule is CCOCCN(C)c1cnc2c(c1)=CC(Sc1nnc3ccc(-c4cnn(C)c4)cn13)=CCC=2. The number of hydrogen-bond donors (Lipinski definition) is 0. The highest BCUT2D eigenvalue weighted by Crippen LogP contribution is 2.29. The van der Waals surface area contributed by atoms with Crippen LogP contribution in [0.3, 0.4) is 0 Å². The van der Waals surface area contributed by atoms with Crippen molar-refractivity contribution in [1.29, 1.82) is 0 Å². The first-order valence-corrected chi connectivity index (χ1v) is 12.1. The van der Waals surface area contributed by atoms with Crippen LogP contribution in [0.1, 0.15) is 13.3 Å². The summed E-state index contributed by atoms with van der Waals surface area (Å²) < 4.78 is 9.34. The number of likely N-dealkylation sites (N-methyl/N-ethyl adjacent to an activating group) is 1. The highest BCUT2D eigenvalue weighted by atomic mass is 32.2.